The summed E-state index contributed by atoms with van der Waals surface area (Å²) in [6.45, 7) is 2.96. The molecule has 0 aromatic heterocycles. The Balaban J connectivity index is 1.79. The van der Waals surface area contributed by atoms with Crippen molar-refractivity contribution in [1.29, 1.82) is 0 Å². The van der Waals surface area contributed by atoms with Crippen LogP contribution in [0.2, 0.25) is 5.02 Å². The zero-order valence-electron chi connectivity index (χ0n) is 15.6. The zero-order valence-corrected chi connectivity index (χ0v) is 17.1. The van der Waals surface area contributed by atoms with Gasteiger partial charge in [-0.05, 0) is 55.2 Å². The minimum atomic E-state index is -3.58. The van der Waals surface area contributed by atoms with Crippen LogP contribution < -0.4 is 5.43 Å². The molecule has 0 bridgehead atoms. The van der Waals surface area contributed by atoms with Gasteiger partial charge in [-0.25, -0.2) is 13.8 Å². The largest absolute Gasteiger partial charge is 0.271 e. The number of amides is 1. The van der Waals surface area contributed by atoms with Crippen LogP contribution in [0.3, 0.4) is 0 Å². The van der Waals surface area contributed by atoms with Gasteiger partial charge in [0.25, 0.3) is 5.91 Å². The Hall–Kier alpha value is -2.22. The molecular weight excluding hydrogens is 398 g/mol. The van der Waals surface area contributed by atoms with Crippen molar-refractivity contribution in [3.05, 3.63) is 64.7 Å². The summed E-state index contributed by atoms with van der Waals surface area (Å²) in [5.41, 5.74) is 4.25. The van der Waals surface area contributed by atoms with Gasteiger partial charge in [0.15, 0.2) is 0 Å². The van der Waals surface area contributed by atoms with E-state index in [0.717, 1.165) is 18.4 Å². The normalized spacial score (nSPS) is 15.6. The lowest BCUT2D eigenvalue weighted by atomic mass is 10.1. The monoisotopic (exact) mass is 419 g/mol. The first-order chi connectivity index (χ1) is 13.4. The molecule has 0 atom stereocenters. The van der Waals surface area contributed by atoms with E-state index in [1.807, 2.05) is 19.1 Å². The maximum absolute atomic E-state index is 12.7. The molecule has 1 aliphatic rings. The predicted molar refractivity (Wildman–Crippen MR) is 110 cm³/mol. The van der Waals surface area contributed by atoms with E-state index in [0.29, 0.717) is 30.2 Å². The highest BCUT2D eigenvalue weighted by atomic mass is 35.5. The topological polar surface area (TPSA) is 78.8 Å². The number of sulfonamides is 1. The molecule has 0 unspecified atom stereocenters. The van der Waals surface area contributed by atoms with Crippen LogP contribution >= 0.6 is 11.6 Å². The Bertz CT molecular complexity index is 999. The number of hydrogen-bond donors (Lipinski definition) is 1. The summed E-state index contributed by atoms with van der Waals surface area (Å²) in [7, 11) is -3.58. The fourth-order valence-electron chi connectivity index (χ4n) is 3.07. The van der Waals surface area contributed by atoms with Gasteiger partial charge in [0.1, 0.15) is 0 Å². The average molecular weight is 420 g/mol. The van der Waals surface area contributed by atoms with Gasteiger partial charge in [-0.1, -0.05) is 36.7 Å². The lowest BCUT2D eigenvalue weighted by molar-refractivity contribution is 0.0954. The minimum absolute atomic E-state index is 0.122. The summed E-state index contributed by atoms with van der Waals surface area (Å²) in [6, 6.07) is 13.3. The van der Waals surface area contributed by atoms with Gasteiger partial charge in [-0.3, -0.25) is 4.79 Å². The average Bonchev–Trinajstić information content (AvgIpc) is 3.24. The summed E-state index contributed by atoms with van der Waals surface area (Å²) >= 11 is 6.02. The molecule has 1 amide bonds. The molecule has 1 aliphatic heterocycles. The summed E-state index contributed by atoms with van der Waals surface area (Å²) in [6.07, 6.45) is 2.32. The quantitative estimate of drug-likeness (QED) is 0.573. The molecule has 1 N–H and O–H groups in total. The first-order valence-electron chi connectivity index (χ1n) is 9.15. The number of nitrogens with zero attached hydrogens (tertiary/aromatic N) is 2. The van der Waals surface area contributed by atoms with Crippen LogP contribution in [-0.2, 0) is 10.0 Å². The summed E-state index contributed by atoms with van der Waals surface area (Å²) in [5.74, 6) is -0.466. The predicted octanol–water partition coefficient (Wildman–Crippen LogP) is 3.67. The second-order valence-corrected chi connectivity index (χ2v) is 8.88. The van der Waals surface area contributed by atoms with Crippen molar-refractivity contribution in [1.82, 2.24) is 9.73 Å². The van der Waals surface area contributed by atoms with Crippen LogP contribution in [-0.4, -0.2) is 37.4 Å². The Kier molecular flexibility index (Phi) is 6.49. The van der Waals surface area contributed by atoms with E-state index in [9.17, 15) is 13.2 Å². The molecule has 1 fully saturated rings. The van der Waals surface area contributed by atoms with Crippen LogP contribution in [0.15, 0.2) is 58.5 Å². The fraction of sp³-hybridized carbons (Fsp3) is 0.300. The first-order valence-corrected chi connectivity index (χ1v) is 11.0. The molecule has 1 heterocycles. The molecule has 28 heavy (non-hydrogen) atoms. The van der Waals surface area contributed by atoms with Gasteiger partial charge in [0, 0.05) is 23.7 Å². The van der Waals surface area contributed by atoms with Crippen molar-refractivity contribution in [3.8, 4) is 0 Å². The number of rotatable bonds is 6. The second-order valence-electron chi connectivity index (χ2n) is 6.50. The molecule has 6 nitrogen and oxygen atoms in total. The minimum Gasteiger partial charge on any atom is -0.267 e. The summed E-state index contributed by atoms with van der Waals surface area (Å²) < 4.78 is 26.8. The van der Waals surface area contributed by atoms with E-state index < -0.39 is 15.9 Å². The second kappa shape index (κ2) is 8.86. The highest BCUT2D eigenvalue weighted by molar-refractivity contribution is 7.89. The van der Waals surface area contributed by atoms with Crippen LogP contribution in [0.25, 0.3) is 0 Å². The first kappa shape index (κ1) is 20.5. The highest BCUT2D eigenvalue weighted by Gasteiger charge is 2.27. The number of carbonyl (C=O) groups is 1. The van der Waals surface area contributed by atoms with E-state index in [4.69, 9.17) is 11.6 Å². The number of halogens is 1. The number of carbonyl (C=O) groups excluding carboxylic acids is 1. The van der Waals surface area contributed by atoms with Crippen molar-refractivity contribution in [3.63, 3.8) is 0 Å². The SMILES string of the molecule is CC/C(=N\NC(=O)c1cccc(S(=O)(=O)N2CCCC2)c1)c1cccc(Cl)c1. The number of nitrogens with one attached hydrogen (secondary N) is 1. The highest BCUT2D eigenvalue weighted by Crippen LogP contribution is 2.21. The van der Waals surface area contributed by atoms with Gasteiger partial charge in [0.05, 0.1) is 10.6 Å². The molecule has 8 heteroatoms. The third-order valence-electron chi connectivity index (χ3n) is 4.58. The Labute approximate surface area is 170 Å². The number of hydrogen-bond acceptors (Lipinski definition) is 4. The molecule has 148 valence electrons. The van der Waals surface area contributed by atoms with E-state index in [1.54, 1.807) is 24.3 Å². The Morgan fingerprint density at radius 2 is 1.79 bits per heavy atom. The molecule has 0 radical (unpaired) electrons. The van der Waals surface area contributed by atoms with E-state index in [2.05, 4.69) is 10.5 Å². The van der Waals surface area contributed by atoms with E-state index >= 15 is 0 Å². The molecule has 2 aromatic rings. The van der Waals surface area contributed by atoms with Crippen molar-refractivity contribution >= 4 is 33.2 Å². The van der Waals surface area contributed by atoms with Crippen molar-refractivity contribution < 1.29 is 13.2 Å². The van der Waals surface area contributed by atoms with Gasteiger partial charge in [-0.15, -0.1) is 0 Å². The van der Waals surface area contributed by atoms with Crippen LogP contribution in [0, 0.1) is 0 Å². The number of benzene rings is 2. The van der Waals surface area contributed by atoms with Gasteiger partial charge in [0.2, 0.25) is 10.0 Å². The standard InChI is InChI=1S/C20H22ClN3O3S/c1-2-19(15-7-5-9-17(21)13-15)22-23-20(25)16-8-6-10-18(14-16)28(26,27)24-11-3-4-12-24/h5-10,13-14H,2-4,11-12H2,1H3,(H,23,25)/b22-19+. The van der Waals surface area contributed by atoms with Crippen LogP contribution in [0.1, 0.15) is 42.1 Å². The summed E-state index contributed by atoms with van der Waals surface area (Å²) in [4.78, 5) is 12.6. The number of hydrazone groups is 1. The van der Waals surface area contributed by atoms with Gasteiger partial charge >= 0.3 is 0 Å². The molecule has 1 saturated heterocycles. The smallest absolute Gasteiger partial charge is 0.267 e. The van der Waals surface area contributed by atoms with Crippen molar-refractivity contribution in [2.24, 2.45) is 5.10 Å². The molecule has 2 aromatic carbocycles. The maximum atomic E-state index is 12.7. The molecular formula is C20H22ClN3O3S. The zero-order chi connectivity index (χ0) is 20.1. The van der Waals surface area contributed by atoms with Gasteiger partial charge in [-0.2, -0.15) is 9.41 Å². The molecule has 0 aliphatic carbocycles. The lowest BCUT2D eigenvalue weighted by Crippen LogP contribution is -2.28. The van der Waals surface area contributed by atoms with Gasteiger partial charge < -0.3 is 0 Å². The Morgan fingerprint density at radius 3 is 2.46 bits per heavy atom. The summed E-state index contributed by atoms with van der Waals surface area (Å²) in [5, 5.41) is 4.79. The van der Waals surface area contributed by atoms with Crippen LogP contribution in [0.4, 0.5) is 0 Å². The third kappa shape index (κ3) is 4.60. The van der Waals surface area contributed by atoms with Crippen molar-refractivity contribution in [2.75, 3.05) is 13.1 Å². The lowest BCUT2D eigenvalue weighted by Gasteiger charge is -2.15. The van der Waals surface area contributed by atoms with Crippen LogP contribution in [0.5, 0.6) is 0 Å². The third-order valence-corrected chi connectivity index (χ3v) is 6.71. The molecule has 3 rings (SSSR count). The van der Waals surface area contributed by atoms with E-state index in [1.165, 1.54) is 16.4 Å². The molecule has 0 saturated carbocycles. The van der Waals surface area contributed by atoms with Crippen molar-refractivity contribution in [2.45, 2.75) is 31.1 Å². The Morgan fingerprint density at radius 1 is 1.11 bits per heavy atom. The van der Waals surface area contributed by atoms with E-state index in [-0.39, 0.29) is 10.5 Å². The fourth-order valence-corrected chi connectivity index (χ4v) is 4.83. The molecule has 0 spiro atoms. The maximum Gasteiger partial charge on any atom is 0.271 e.